The van der Waals surface area contributed by atoms with Crippen LogP contribution in [0.4, 0.5) is 0 Å². The third-order valence-electron chi connectivity index (χ3n) is 3.50. The first kappa shape index (κ1) is 8.76. The number of fused-ring (bicyclic) bond motifs is 1. The Morgan fingerprint density at radius 1 is 1.00 bits per heavy atom. The molecule has 0 amide bonds. The largest absolute Gasteiger partial charge is 0.108 e. The number of hydrogen-bond donors (Lipinski definition) is 0. The minimum absolute atomic E-state index is 1.25. The minimum atomic E-state index is -1.25. The van der Waals surface area contributed by atoms with Gasteiger partial charge >= 0.3 is 0 Å². The molecule has 0 spiro atoms. The highest BCUT2D eigenvalue weighted by atomic mass is 28.3. The molecular formula is C12H16Si. The van der Waals surface area contributed by atoms with Crippen molar-refractivity contribution >= 4 is 18.8 Å². The molecule has 0 N–H and O–H groups in total. The molecule has 0 aliphatic carbocycles. The Morgan fingerprint density at radius 2 is 1.62 bits per heavy atom. The highest BCUT2D eigenvalue weighted by Gasteiger charge is 2.34. The Morgan fingerprint density at radius 3 is 2.23 bits per heavy atom. The molecule has 0 nitrogen and oxygen atoms in total. The summed E-state index contributed by atoms with van der Waals surface area (Å²) >= 11 is 0. The minimum Gasteiger partial charge on any atom is -0.0756 e. The van der Waals surface area contributed by atoms with Crippen LogP contribution in [0.1, 0.15) is 19.4 Å². The van der Waals surface area contributed by atoms with E-state index in [2.05, 4.69) is 51.2 Å². The van der Waals surface area contributed by atoms with Crippen LogP contribution in [0.15, 0.2) is 29.5 Å². The zero-order valence-electron chi connectivity index (χ0n) is 8.81. The van der Waals surface area contributed by atoms with E-state index in [1.807, 2.05) is 0 Å². The van der Waals surface area contributed by atoms with E-state index >= 15 is 0 Å². The fraction of sp³-hybridized carbons (Fsp3) is 0.333. The van der Waals surface area contributed by atoms with E-state index in [-0.39, 0.29) is 0 Å². The second kappa shape index (κ2) is 2.58. The molecule has 1 aliphatic heterocycles. The Kier molecular flexibility index (Phi) is 1.74. The molecule has 13 heavy (non-hydrogen) atoms. The molecular weight excluding hydrogens is 172 g/mol. The Bertz CT molecular complexity index is 386. The second-order valence-corrected chi connectivity index (χ2v) is 8.96. The summed E-state index contributed by atoms with van der Waals surface area (Å²) in [6.45, 7) is 9.45. The maximum absolute atomic E-state index is 2.44. The van der Waals surface area contributed by atoms with Crippen LogP contribution in [0.25, 0.3) is 5.57 Å². The van der Waals surface area contributed by atoms with Crippen molar-refractivity contribution < 1.29 is 0 Å². The monoisotopic (exact) mass is 188 g/mol. The van der Waals surface area contributed by atoms with Gasteiger partial charge in [-0.25, -0.2) is 0 Å². The van der Waals surface area contributed by atoms with Crippen molar-refractivity contribution in [2.45, 2.75) is 26.9 Å². The summed E-state index contributed by atoms with van der Waals surface area (Å²) < 4.78 is 0. The molecule has 0 aromatic heterocycles. The van der Waals surface area contributed by atoms with Gasteiger partial charge in [-0.2, -0.15) is 0 Å². The lowest BCUT2D eigenvalue weighted by Crippen LogP contribution is -2.40. The van der Waals surface area contributed by atoms with Crippen molar-refractivity contribution in [3.05, 3.63) is 35.0 Å². The van der Waals surface area contributed by atoms with Gasteiger partial charge in [-0.15, -0.1) is 0 Å². The molecule has 1 heterocycles. The molecule has 1 heteroatoms. The first-order valence-corrected chi connectivity index (χ1v) is 7.83. The lowest BCUT2D eigenvalue weighted by molar-refractivity contribution is 1.55. The van der Waals surface area contributed by atoms with E-state index in [0.717, 1.165) is 0 Å². The standard InChI is InChI=1S/C12H16Si/c1-9-10(2)13(3,4)12-8-6-5-7-11(9)12/h5-8H,1-4H3. The van der Waals surface area contributed by atoms with Gasteiger partial charge < -0.3 is 0 Å². The third kappa shape index (κ3) is 1.03. The summed E-state index contributed by atoms with van der Waals surface area (Å²) in [6, 6.07) is 8.88. The summed E-state index contributed by atoms with van der Waals surface area (Å²) in [5.74, 6) is 0. The lowest BCUT2D eigenvalue weighted by Gasteiger charge is -2.19. The van der Waals surface area contributed by atoms with E-state index in [0.29, 0.717) is 0 Å². The van der Waals surface area contributed by atoms with E-state index in [1.165, 1.54) is 11.1 Å². The lowest BCUT2D eigenvalue weighted by atomic mass is 10.1. The van der Waals surface area contributed by atoms with Crippen LogP contribution in [-0.2, 0) is 0 Å². The molecule has 2 rings (SSSR count). The molecule has 0 fully saturated rings. The summed E-state index contributed by atoms with van der Waals surface area (Å²) in [4.78, 5) is 0. The topological polar surface area (TPSA) is 0 Å². The fourth-order valence-electron chi connectivity index (χ4n) is 2.23. The molecule has 0 radical (unpaired) electrons. The second-order valence-electron chi connectivity index (χ2n) is 4.42. The molecule has 1 aromatic carbocycles. The summed E-state index contributed by atoms with van der Waals surface area (Å²) in [5, 5.41) is 3.26. The summed E-state index contributed by atoms with van der Waals surface area (Å²) in [5.41, 5.74) is 3.02. The smallest absolute Gasteiger partial charge is 0.0756 e. The predicted molar refractivity (Wildman–Crippen MR) is 61.8 cm³/mol. The third-order valence-corrected chi connectivity index (χ3v) is 7.54. The van der Waals surface area contributed by atoms with Crippen LogP contribution in [0.2, 0.25) is 13.1 Å². The van der Waals surface area contributed by atoms with E-state index in [4.69, 9.17) is 0 Å². The average molecular weight is 188 g/mol. The van der Waals surface area contributed by atoms with E-state index < -0.39 is 8.07 Å². The highest BCUT2D eigenvalue weighted by molar-refractivity contribution is 6.98. The van der Waals surface area contributed by atoms with Crippen LogP contribution < -0.4 is 5.19 Å². The van der Waals surface area contributed by atoms with Crippen LogP contribution >= 0.6 is 0 Å². The van der Waals surface area contributed by atoms with Gasteiger partial charge in [-0.05, 0) is 30.2 Å². The molecule has 0 bridgehead atoms. The van der Waals surface area contributed by atoms with Gasteiger partial charge in [0, 0.05) is 0 Å². The molecule has 0 atom stereocenters. The van der Waals surface area contributed by atoms with Crippen molar-refractivity contribution in [1.29, 1.82) is 0 Å². The summed E-state index contributed by atoms with van der Waals surface area (Å²) in [7, 11) is -1.25. The number of allylic oxidation sites excluding steroid dienone is 2. The molecule has 0 saturated heterocycles. The zero-order chi connectivity index (χ0) is 9.64. The summed E-state index contributed by atoms with van der Waals surface area (Å²) in [6.07, 6.45) is 0. The Labute approximate surface area is 81.3 Å². The predicted octanol–water partition coefficient (Wildman–Crippen LogP) is 2.95. The van der Waals surface area contributed by atoms with Crippen LogP contribution in [0.5, 0.6) is 0 Å². The SMILES string of the molecule is CC1=C(C)[Si](C)(C)c2ccccc21. The van der Waals surface area contributed by atoms with Crippen molar-refractivity contribution in [3.8, 4) is 0 Å². The number of benzene rings is 1. The van der Waals surface area contributed by atoms with Gasteiger partial charge in [0.15, 0.2) is 0 Å². The van der Waals surface area contributed by atoms with E-state index in [9.17, 15) is 0 Å². The van der Waals surface area contributed by atoms with Crippen LogP contribution in [0.3, 0.4) is 0 Å². The zero-order valence-corrected chi connectivity index (χ0v) is 9.81. The molecule has 0 saturated carbocycles. The average Bonchev–Trinajstić information content (AvgIpc) is 2.30. The van der Waals surface area contributed by atoms with Crippen LogP contribution in [0, 0.1) is 0 Å². The van der Waals surface area contributed by atoms with E-state index in [1.54, 1.807) is 10.4 Å². The van der Waals surface area contributed by atoms with Crippen molar-refractivity contribution in [3.63, 3.8) is 0 Å². The first-order valence-electron chi connectivity index (χ1n) is 4.83. The normalized spacial score (nSPS) is 19.1. The van der Waals surface area contributed by atoms with Gasteiger partial charge in [0.25, 0.3) is 0 Å². The molecule has 0 unspecified atom stereocenters. The fourth-order valence-corrected chi connectivity index (χ4v) is 5.16. The van der Waals surface area contributed by atoms with Gasteiger partial charge in [0.2, 0.25) is 0 Å². The number of hydrogen-bond acceptors (Lipinski definition) is 0. The van der Waals surface area contributed by atoms with Gasteiger partial charge in [-0.1, -0.05) is 42.6 Å². The highest BCUT2D eigenvalue weighted by Crippen LogP contribution is 2.32. The van der Waals surface area contributed by atoms with Gasteiger partial charge in [0.05, 0.1) is 0 Å². The molecule has 1 aliphatic rings. The van der Waals surface area contributed by atoms with Crippen molar-refractivity contribution in [2.75, 3.05) is 0 Å². The van der Waals surface area contributed by atoms with Gasteiger partial charge in [-0.3, -0.25) is 0 Å². The van der Waals surface area contributed by atoms with Crippen LogP contribution in [-0.4, -0.2) is 8.07 Å². The first-order chi connectivity index (χ1) is 6.05. The Hall–Kier alpha value is -0.823. The van der Waals surface area contributed by atoms with Crippen molar-refractivity contribution in [1.82, 2.24) is 0 Å². The maximum atomic E-state index is 2.44. The quantitative estimate of drug-likeness (QED) is 0.549. The maximum Gasteiger partial charge on any atom is 0.108 e. The Balaban J connectivity index is 2.74. The number of rotatable bonds is 0. The van der Waals surface area contributed by atoms with Gasteiger partial charge in [0.1, 0.15) is 8.07 Å². The molecule has 1 aromatic rings. The molecule has 68 valence electrons. The van der Waals surface area contributed by atoms with Crippen molar-refractivity contribution in [2.24, 2.45) is 0 Å².